The maximum Gasteiger partial charge on any atom is 0.103 e. The smallest absolute Gasteiger partial charge is 0.103 e. The van der Waals surface area contributed by atoms with Crippen molar-refractivity contribution in [1.82, 2.24) is 10.2 Å². The van der Waals surface area contributed by atoms with Gasteiger partial charge in [-0.05, 0) is 0 Å². The van der Waals surface area contributed by atoms with Crippen molar-refractivity contribution in [2.45, 2.75) is 5.88 Å². The zero-order chi connectivity index (χ0) is 6.69. The van der Waals surface area contributed by atoms with Crippen LogP contribution in [0.4, 0.5) is 0 Å². The lowest BCUT2D eigenvalue weighted by Gasteiger charge is -1.83. The van der Waals surface area contributed by atoms with Crippen LogP contribution in [0.15, 0.2) is 6.20 Å². The van der Waals surface area contributed by atoms with Crippen LogP contribution in [0.25, 0.3) is 0 Å². The van der Waals surface area contributed by atoms with E-state index in [-0.39, 0.29) is 0 Å². The largest absolute Gasteiger partial charge is 0.280 e. The van der Waals surface area contributed by atoms with E-state index in [9.17, 15) is 0 Å². The van der Waals surface area contributed by atoms with Crippen LogP contribution in [0.5, 0.6) is 0 Å². The normalized spacial score (nSPS) is 8.89. The first kappa shape index (κ1) is 6.12. The van der Waals surface area contributed by atoms with E-state index in [1.807, 2.05) is 6.07 Å². The number of nitriles is 1. The molecule has 0 aliphatic heterocycles. The molecule has 0 fully saturated rings. The summed E-state index contributed by atoms with van der Waals surface area (Å²) in [5.41, 5.74) is 1.20. The molecule has 0 aliphatic carbocycles. The van der Waals surface area contributed by atoms with Crippen LogP contribution in [0.1, 0.15) is 11.3 Å². The Bertz CT molecular complexity index is 235. The molecule has 1 rings (SSSR count). The molecule has 0 saturated carbocycles. The van der Waals surface area contributed by atoms with E-state index in [0.29, 0.717) is 17.1 Å². The molecule has 0 aromatic carbocycles. The number of nitrogens with zero attached hydrogens (tertiary/aromatic N) is 2. The summed E-state index contributed by atoms with van der Waals surface area (Å²) >= 11 is 5.43. The highest BCUT2D eigenvalue weighted by atomic mass is 35.5. The van der Waals surface area contributed by atoms with Gasteiger partial charge in [0.15, 0.2) is 0 Å². The molecule has 1 aromatic rings. The molecule has 0 atom stereocenters. The zero-order valence-corrected chi connectivity index (χ0v) is 5.31. The van der Waals surface area contributed by atoms with Gasteiger partial charge in [-0.1, -0.05) is 0 Å². The van der Waals surface area contributed by atoms with Gasteiger partial charge in [0.1, 0.15) is 6.07 Å². The van der Waals surface area contributed by atoms with E-state index < -0.39 is 0 Å². The molecule has 46 valence electrons. The molecule has 0 spiro atoms. The van der Waals surface area contributed by atoms with Gasteiger partial charge in [-0.2, -0.15) is 10.4 Å². The zero-order valence-electron chi connectivity index (χ0n) is 4.56. The summed E-state index contributed by atoms with van der Waals surface area (Å²) in [6.07, 6.45) is 1.46. The Labute approximate surface area is 57.3 Å². The minimum absolute atomic E-state index is 0.308. The standard InChI is InChI=1S/C5H4ClN3/c6-1-5-4(2-7)3-8-9-5/h3H,1H2,(H,8,9). The summed E-state index contributed by atoms with van der Waals surface area (Å²) in [6.45, 7) is 0. The van der Waals surface area contributed by atoms with E-state index in [1.54, 1.807) is 0 Å². The summed E-state index contributed by atoms with van der Waals surface area (Å²) in [5, 5.41) is 14.6. The number of hydrogen-bond donors (Lipinski definition) is 1. The lowest BCUT2D eigenvalue weighted by Crippen LogP contribution is -1.80. The monoisotopic (exact) mass is 141 g/mol. The average Bonchev–Trinajstić information content (AvgIpc) is 2.33. The topological polar surface area (TPSA) is 52.5 Å². The van der Waals surface area contributed by atoms with Crippen molar-refractivity contribution >= 4 is 11.6 Å². The molecular weight excluding hydrogens is 138 g/mol. The van der Waals surface area contributed by atoms with Crippen LogP contribution in [-0.4, -0.2) is 10.2 Å². The highest BCUT2D eigenvalue weighted by Crippen LogP contribution is 2.04. The highest BCUT2D eigenvalue weighted by Gasteiger charge is 1.99. The third-order valence-corrected chi connectivity index (χ3v) is 1.24. The molecule has 1 aromatic heterocycles. The SMILES string of the molecule is N#Cc1cn[nH]c1CCl. The Balaban J connectivity index is 3.02. The van der Waals surface area contributed by atoms with E-state index in [1.165, 1.54) is 6.20 Å². The number of aromatic nitrogens is 2. The van der Waals surface area contributed by atoms with Crippen LogP contribution in [0.3, 0.4) is 0 Å². The molecule has 9 heavy (non-hydrogen) atoms. The summed E-state index contributed by atoms with van der Waals surface area (Å²) < 4.78 is 0. The van der Waals surface area contributed by atoms with Gasteiger partial charge < -0.3 is 0 Å². The summed E-state index contributed by atoms with van der Waals surface area (Å²) in [5.74, 6) is 0.308. The van der Waals surface area contributed by atoms with Gasteiger partial charge in [-0.3, -0.25) is 5.10 Å². The van der Waals surface area contributed by atoms with Crippen LogP contribution < -0.4 is 0 Å². The number of H-pyrrole nitrogens is 1. The molecule has 0 unspecified atom stereocenters. The van der Waals surface area contributed by atoms with Gasteiger partial charge in [0.05, 0.1) is 23.3 Å². The fourth-order valence-electron chi connectivity index (χ4n) is 0.511. The molecule has 3 nitrogen and oxygen atoms in total. The first-order valence-electron chi connectivity index (χ1n) is 2.36. The molecule has 0 aliphatic rings. The second kappa shape index (κ2) is 2.51. The molecule has 0 saturated heterocycles. The van der Waals surface area contributed by atoms with Crippen molar-refractivity contribution in [2.24, 2.45) is 0 Å². The molecule has 4 heteroatoms. The Morgan fingerprint density at radius 1 is 1.89 bits per heavy atom. The summed E-state index contributed by atoms with van der Waals surface area (Å²) in [7, 11) is 0. The molecule has 0 amide bonds. The minimum atomic E-state index is 0.308. The van der Waals surface area contributed by atoms with Crippen molar-refractivity contribution in [1.29, 1.82) is 5.26 Å². The quantitative estimate of drug-likeness (QED) is 0.594. The van der Waals surface area contributed by atoms with Gasteiger partial charge in [0.25, 0.3) is 0 Å². The molecule has 1 N–H and O–H groups in total. The third kappa shape index (κ3) is 1.03. The highest BCUT2D eigenvalue weighted by molar-refractivity contribution is 6.17. The first-order valence-corrected chi connectivity index (χ1v) is 2.90. The van der Waals surface area contributed by atoms with Crippen LogP contribution in [0, 0.1) is 11.3 Å². The van der Waals surface area contributed by atoms with Crippen molar-refractivity contribution < 1.29 is 0 Å². The van der Waals surface area contributed by atoms with E-state index in [0.717, 1.165) is 0 Å². The molecular formula is C5H4ClN3. The predicted octanol–water partition coefficient (Wildman–Crippen LogP) is 1.02. The van der Waals surface area contributed by atoms with Gasteiger partial charge in [-0.15, -0.1) is 11.6 Å². The van der Waals surface area contributed by atoms with Crippen molar-refractivity contribution in [3.8, 4) is 6.07 Å². The first-order chi connectivity index (χ1) is 4.38. The number of halogens is 1. The lowest BCUT2D eigenvalue weighted by molar-refractivity contribution is 1.03. The maximum absolute atomic E-state index is 8.37. The van der Waals surface area contributed by atoms with Gasteiger partial charge in [0.2, 0.25) is 0 Å². The third-order valence-electron chi connectivity index (χ3n) is 0.972. The van der Waals surface area contributed by atoms with Crippen molar-refractivity contribution in [3.05, 3.63) is 17.5 Å². The van der Waals surface area contributed by atoms with E-state index in [2.05, 4.69) is 10.2 Å². The van der Waals surface area contributed by atoms with Crippen LogP contribution in [-0.2, 0) is 5.88 Å². The Hall–Kier alpha value is -1.01. The van der Waals surface area contributed by atoms with Crippen LogP contribution in [0.2, 0.25) is 0 Å². The van der Waals surface area contributed by atoms with Crippen LogP contribution >= 0.6 is 11.6 Å². The average molecular weight is 142 g/mol. The fourth-order valence-corrected chi connectivity index (χ4v) is 0.715. The fraction of sp³-hybridized carbons (Fsp3) is 0.200. The molecule has 0 radical (unpaired) electrons. The number of nitrogens with one attached hydrogen (secondary N) is 1. The Morgan fingerprint density at radius 2 is 2.67 bits per heavy atom. The number of rotatable bonds is 1. The van der Waals surface area contributed by atoms with Gasteiger partial charge in [0, 0.05) is 0 Å². The minimum Gasteiger partial charge on any atom is -0.280 e. The second-order valence-corrected chi connectivity index (χ2v) is 1.77. The molecule has 0 bridgehead atoms. The van der Waals surface area contributed by atoms with E-state index in [4.69, 9.17) is 16.9 Å². The Kier molecular flexibility index (Phi) is 1.71. The van der Waals surface area contributed by atoms with Crippen molar-refractivity contribution in [3.63, 3.8) is 0 Å². The second-order valence-electron chi connectivity index (χ2n) is 1.51. The summed E-state index contributed by atoms with van der Waals surface area (Å²) in [4.78, 5) is 0. The maximum atomic E-state index is 8.37. The Morgan fingerprint density at radius 3 is 3.11 bits per heavy atom. The lowest BCUT2D eigenvalue weighted by atomic mass is 10.3. The number of aromatic amines is 1. The number of hydrogen-bond acceptors (Lipinski definition) is 2. The van der Waals surface area contributed by atoms with Gasteiger partial charge in [-0.25, -0.2) is 0 Å². The summed E-state index contributed by atoms with van der Waals surface area (Å²) in [6, 6.07) is 1.95. The molecule has 1 heterocycles. The van der Waals surface area contributed by atoms with E-state index >= 15 is 0 Å². The van der Waals surface area contributed by atoms with Crippen molar-refractivity contribution in [2.75, 3.05) is 0 Å². The predicted molar refractivity (Wildman–Crippen MR) is 32.9 cm³/mol. The number of alkyl halides is 1. The van der Waals surface area contributed by atoms with Gasteiger partial charge >= 0.3 is 0 Å².